The molecular weight excluding hydrogens is 705 g/mol. The highest BCUT2D eigenvalue weighted by Gasteiger charge is 2.74. The first kappa shape index (κ1) is 37.5. The minimum absolute atomic E-state index is 0.0191. The fraction of sp³-hybridized carbons (Fsp3) is 0.467. The van der Waals surface area contributed by atoms with Crippen LogP contribution in [0.5, 0.6) is 5.75 Å². The van der Waals surface area contributed by atoms with Gasteiger partial charge in [0.05, 0.1) is 30.9 Å². The Morgan fingerprint density at radius 2 is 1.58 bits per heavy atom. The van der Waals surface area contributed by atoms with Crippen LogP contribution in [0.4, 0.5) is 23.7 Å². The van der Waals surface area contributed by atoms with Crippen molar-refractivity contribution in [3.05, 3.63) is 119 Å². The summed E-state index contributed by atoms with van der Waals surface area (Å²) in [5.74, 6) is -0.0628. The molecule has 0 heterocycles. The second kappa shape index (κ2) is 13.1. The van der Waals surface area contributed by atoms with Crippen LogP contribution in [0.3, 0.4) is 0 Å². The third kappa shape index (κ3) is 5.76. The number of rotatable bonds is 8. The van der Waals surface area contributed by atoms with Crippen molar-refractivity contribution in [2.75, 3.05) is 19.0 Å². The van der Waals surface area contributed by atoms with Gasteiger partial charge in [-0.05, 0) is 104 Å². The summed E-state index contributed by atoms with van der Waals surface area (Å²) in [5, 5.41) is 27.1. The molecule has 8 atom stereocenters. The van der Waals surface area contributed by atoms with Crippen molar-refractivity contribution >= 4 is 17.5 Å². The van der Waals surface area contributed by atoms with Crippen LogP contribution in [0.15, 0.2) is 103 Å². The lowest BCUT2D eigenvalue weighted by atomic mass is 9.32. The van der Waals surface area contributed by atoms with E-state index in [0.29, 0.717) is 55.5 Å². The van der Waals surface area contributed by atoms with Crippen molar-refractivity contribution in [1.29, 1.82) is 0 Å². The van der Waals surface area contributed by atoms with Crippen molar-refractivity contribution in [3.8, 4) is 5.75 Å². The summed E-state index contributed by atoms with van der Waals surface area (Å²) < 4.78 is 47.1. The van der Waals surface area contributed by atoms with Gasteiger partial charge in [0.25, 0.3) is 0 Å². The van der Waals surface area contributed by atoms with Crippen LogP contribution in [-0.4, -0.2) is 52.3 Å². The zero-order valence-corrected chi connectivity index (χ0v) is 31.5. The van der Waals surface area contributed by atoms with Gasteiger partial charge in [-0.3, -0.25) is 4.79 Å². The largest absolute Gasteiger partial charge is 0.497 e. The molecule has 2 bridgehead atoms. The van der Waals surface area contributed by atoms with Crippen LogP contribution in [0.25, 0.3) is 0 Å². The number of fused-ring (bicyclic) bond motifs is 1. The van der Waals surface area contributed by atoms with E-state index < -0.39 is 45.5 Å². The summed E-state index contributed by atoms with van der Waals surface area (Å²) in [6.07, 6.45) is 5.22. The number of carbonyl (C=O) groups is 2. The van der Waals surface area contributed by atoms with Gasteiger partial charge in [-0.25, -0.2) is 4.79 Å². The number of benzene rings is 3. The topological polar surface area (TPSA) is 99.1 Å². The number of nitrogens with one attached hydrogen (secondary N) is 1. The number of halogens is 3. The zero-order valence-electron chi connectivity index (χ0n) is 31.5. The SMILES string of the molecule is COc1ccc(NC(=O)N(Cc2ccccc2)C[C@]2(O)CC[C@H]3[C@]45C=C[C@@]6(C=C4C(=O)c4cccc(C(F)(F)F)c4)CC(O)CC[C@]6(C)[C@H]5CC[C@@]32C)cc1. The van der Waals surface area contributed by atoms with Crippen molar-refractivity contribution < 1.29 is 37.7 Å². The van der Waals surface area contributed by atoms with Gasteiger partial charge in [-0.1, -0.05) is 74.5 Å². The summed E-state index contributed by atoms with van der Waals surface area (Å²) in [7, 11) is 1.57. The zero-order chi connectivity index (χ0) is 39.0. The van der Waals surface area contributed by atoms with Crippen molar-refractivity contribution in [2.45, 2.75) is 83.2 Å². The Morgan fingerprint density at radius 1 is 0.891 bits per heavy atom. The molecule has 6 aliphatic carbocycles. The number of aliphatic hydroxyl groups is 2. The van der Waals surface area contributed by atoms with Gasteiger partial charge in [0.15, 0.2) is 5.78 Å². The van der Waals surface area contributed by atoms with E-state index in [-0.39, 0.29) is 41.9 Å². The van der Waals surface area contributed by atoms with E-state index >= 15 is 0 Å². The fourth-order valence-electron chi connectivity index (χ4n) is 11.8. The Kier molecular flexibility index (Phi) is 8.92. The number of carbonyl (C=O) groups excluding carboxylic acids is 2. The average molecular weight is 755 g/mol. The van der Waals surface area contributed by atoms with E-state index in [1.165, 1.54) is 12.1 Å². The summed E-state index contributed by atoms with van der Waals surface area (Å²) >= 11 is 0. The first-order valence-electron chi connectivity index (χ1n) is 19.4. The lowest BCUT2D eigenvalue weighted by Gasteiger charge is -2.71. The van der Waals surface area contributed by atoms with Gasteiger partial charge < -0.3 is 25.2 Å². The van der Waals surface area contributed by atoms with Gasteiger partial charge in [-0.2, -0.15) is 13.2 Å². The lowest BCUT2D eigenvalue weighted by Crippen LogP contribution is -2.67. The molecule has 10 heteroatoms. The van der Waals surface area contributed by atoms with Gasteiger partial charge >= 0.3 is 12.2 Å². The molecular formula is C45H49F3N2O5. The molecule has 3 saturated carbocycles. The number of urea groups is 1. The number of hydrogen-bond donors (Lipinski definition) is 3. The molecule has 290 valence electrons. The molecule has 0 aromatic heterocycles. The maximum atomic E-state index is 14.9. The first-order chi connectivity index (χ1) is 26.1. The fourth-order valence-corrected chi connectivity index (χ4v) is 11.8. The Bertz CT molecular complexity index is 2050. The molecule has 0 radical (unpaired) electrons. The summed E-state index contributed by atoms with van der Waals surface area (Å²) in [4.78, 5) is 30.7. The summed E-state index contributed by atoms with van der Waals surface area (Å²) in [6, 6.07) is 21.0. The molecule has 0 aliphatic heterocycles. The summed E-state index contributed by atoms with van der Waals surface area (Å²) in [5.41, 5.74) is -2.85. The third-order valence-electron chi connectivity index (χ3n) is 14.7. The van der Waals surface area contributed by atoms with E-state index in [2.05, 4.69) is 31.3 Å². The number of hydrogen-bond acceptors (Lipinski definition) is 5. The van der Waals surface area contributed by atoms with Crippen molar-refractivity contribution in [1.82, 2.24) is 4.90 Å². The van der Waals surface area contributed by atoms with Gasteiger partial charge in [-0.15, -0.1) is 0 Å². The highest BCUT2D eigenvalue weighted by atomic mass is 19.4. The first-order valence-corrected chi connectivity index (χ1v) is 19.4. The Morgan fingerprint density at radius 3 is 2.29 bits per heavy atom. The average Bonchev–Trinajstić information content (AvgIpc) is 3.44. The molecule has 3 fully saturated rings. The van der Waals surface area contributed by atoms with Crippen LogP contribution < -0.4 is 10.1 Å². The van der Waals surface area contributed by atoms with Crippen LogP contribution in [0.2, 0.25) is 0 Å². The number of allylic oxidation sites excluding steroid dienone is 4. The molecule has 0 saturated heterocycles. The van der Waals surface area contributed by atoms with Gasteiger partial charge in [0.1, 0.15) is 5.75 Å². The van der Waals surface area contributed by atoms with Crippen molar-refractivity contribution in [2.24, 2.45) is 33.5 Å². The second-order valence-corrected chi connectivity index (χ2v) is 17.2. The van der Waals surface area contributed by atoms with Gasteiger partial charge in [0, 0.05) is 39.6 Å². The number of ketones is 1. The predicted octanol–water partition coefficient (Wildman–Crippen LogP) is 9.22. The smallest absolute Gasteiger partial charge is 0.416 e. The number of alkyl halides is 3. The van der Waals surface area contributed by atoms with E-state index in [0.717, 1.165) is 24.1 Å². The molecule has 2 spiro atoms. The number of anilines is 1. The number of ether oxygens (including phenoxy) is 1. The van der Waals surface area contributed by atoms with Crippen LogP contribution >= 0.6 is 0 Å². The second-order valence-electron chi connectivity index (χ2n) is 17.2. The van der Waals surface area contributed by atoms with E-state index in [1.54, 1.807) is 36.3 Å². The van der Waals surface area contributed by atoms with Gasteiger partial charge in [0.2, 0.25) is 0 Å². The number of Topliss-reactive ketones (excluding diaryl/α,β-unsaturated/α-hetero) is 1. The van der Waals surface area contributed by atoms with Crippen LogP contribution in [-0.2, 0) is 12.7 Å². The molecule has 55 heavy (non-hydrogen) atoms. The quantitative estimate of drug-likeness (QED) is 0.157. The van der Waals surface area contributed by atoms with E-state index in [9.17, 15) is 33.0 Å². The molecule has 9 rings (SSSR count). The molecule has 3 N–H and O–H groups in total. The lowest BCUT2D eigenvalue weighted by molar-refractivity contribution is -0.174. The van der Waals surface area contributed by atoms with E-state index in [4.69, 9.17) is 4.74 Å². The number of nitrogens with zero attached hydrogens (tertiary/aromatic N) is 1. The molecule has 7 nitrogen and oxygen atoms in total. The monoisotopic (exact) mass is 754 g/mol. The number of amides is 2. The standard InChI is InChI=1S/C45H49F3N2O5/c1-40-19-16-33(51)25-42(40)22-23-44(35(26-42)38(52)30-10-7-11-31(24-30)45(46,47)48)36(40)17-20-41(2)37(44)18-21-43(41,54)28-50(27-29-8-5-4-6-9-29)39(53)49-32-12-14-34(55-3)15-13-32/h4-15,22-24,26,33,36-37,51,54H,16-21,25,27-28H2,1-3H3,(H,49,53)/t33?,36-,37-,40-,41+,42+,43-,44-/m1/s1. The summed E-state index contributed by atoms with van der Waals surface area (Å²) in [6.45, 7) is 4.64. The van der Waals surface area contributed by atoms with Crippen LogP contribution in [0.1, 0.15) is 80.3 Å². The van der Waals surface area contributed by atoms with Crippen molar-refractivity contribution in [3.63, 3.8) is 0 Å². The Labute approximate surface area is 320 Å². The van der Waals surface area contributed by atoms with Crippen LogP contribution in [0, 0.1) is 33.5 Å². The molecule has 6 aliphatic rings. The highest BCUT2D eigenvalue weighted by Crippen LogP contribution is 2.78. The minimum Gasteiger partial charge on any atom is -0.497 e. The third-order valence-corrected chi connectivity index (χ3v) is 14.7. The maximum Gasteiger partial charge on any atom is 0.416 e. The molecule has 2 amide bonds. The number of methoxy groups -OCH3 is 1. The predicted molar refractivity (Wildman–Crippen MR) is 203 cm³/mol. The maximum absolute atomic E-state index is 14.9. The van der Waals surface area contributed by atoms with E-state index in [1.807, 2.05) is 36.4 Å². The molecule has 3 aromatic rings. The molecule has 3 aromatic carbocycles. The number of aliphatic hydroxyl groups excluding tert-OH is 1. The molecule has 1 unspecified atom stereocenters. The Balaban J connectivity index is 1.19. The highest BCUT2D eigenvalue weighted by molar-refractivity contribution is 6.10. The minimum atomic E-state index is -4.61. The Hall–Kier alpha value is -4.41. The normalized spacial score (nSPS) is 34.5.